The van der Waals surface area contributed by atoms with Crippen molar-refractivity contribution in [1.29, 1.82) is 0 Å². The van der Waals surface area contributed by atoms with Crippen molar-refractivity contribution in [3.63, 3.8) is 0 Å². The van der Waals surface area contributed by atoms with Crippen LogP contribution in [0.1, 0.15) is 175 Å². The van der Waals surface area contributed by atoms with E-state index in [1.807, 2.05) is 249 Å². The molecule has 0 saturated carbocycles. The van der Waals surface area contributed by atoms with Crippen molar-refractivity contribution >= 4 is 17.6 Å². The molecule has 12 aromatic rings. The first-order valence-electron chi connectivity index (χ1n) is 33.7. The van der Waals surface area contributed by atoms with E-state index in [9.17, 15) is 0 Å². The van der Waals surface area contributed by atoms with Crippen LogP contribution < -0.4 is 0 Å². The summed E-state index contributed by atoms with van der Waals surface area (Å²) < 4.78 is 3.82. The first-order chi connectivity index (χ1) is 47.0. The van der Waals surface area contributed by atoms with Crippen LogP contribution in [-0.2, 0) is 72.9 Å². The Balaban J connectivity index is 0.000000411. The van der Waals surface area contributed by atoms with Crippen molar-refractivity contribution < 1.29 is 52.4 Å². The van der Waals surface area contributed by atoms with Crippen LogP contribution in [0, 0.1) is 62.3 Å². The van der Waals surface area contributed by atoms with Crippen LogP contribution in [0.3, 0.4) is 0 Å². The van der Waals surface area contributed by atoms with Gasteiger partial charge in [0.2, 0.25) is 0 Å². The fourth-order valence-corrected chi connectivity index (χ4v) is 9.41. The Labute approximate surface area is 643 Å². The summed E-state index contributed by atoms with van der Waals surface area (Å²) in [5.41, 5.74) is 20.5. The molecule has 0 bridgehead atoms. The normalized spacial score (nSPS) is 10.2. The molecule has 0 spiro atoms. The van der Waals surface area contributed by atoms with Gasteiger partial charge in [-0.15, -0.1) is 90.6 Å². The molecule has 0 amide bonds. The number of aryl methyl sites for hydroxylation is 4. The van der Waals surface area contributed by atoms with Gasteiger partial charge in [-0.1, -0.05) is 182 Å². The maximum Gasteiger partial charge on any atom is 4.00 e. The SMILES string of the molecule is Cc1cc(C(Cc2ccccc2)[N-]c2c(C(C)C)cccc2C(C)C)nn1C.Cc1cc(C=Nc2c(C(C)C)cccc2C(C)C)nn1C.[CH2-]c1ccccc1.[CH2-]c1ccccc1.[CH2-]c1ccccc1.[CH2-]c1ccccc1.[CH2-]c1ccccc1.[CH2-]c1ccccc1.[CH2-]c1ccccc1.[Zr+3].[Zr+4]. The number of aromatic nitrogens is 4. The van der Waals surface area contributed by atoms with E-state index >= 15 is 0 Å². The van der Waals surface area contributed by atoms with Gasteiger partial charge in [-0.2, -0.15) is 183 Å². The van der Waals surface area contributed by atoms with Crippen LogP contribution in [-0.4, -0.2) is 25.8 Å². The molecule has 12 rings (SSSR count). The molecule has 0 aliphatic heterocycles. The molecule has 0 aliphatic rings. The van der Waals surface area contributed by atoms with Crippen LogP contribution in [0.2, 0.25) is 0 Å². The summed E-state index contributed by atoms with van der Waals surface area (Å²) in [5, 5.41) is 14.6. The minimum Gasteiger partial charge on any atom is -0.676 e. The molecule has 1 unspecified atom stereocenters. The summed E-state index contributed by atoms with van der Waals surface area (Å²) in [4.78, 5) is 4.77. The molecule has 2 heterocycles. The van der Waals surface area contributed by atoms with Crippen LogP contribution in [0.4, 0.5) is 11.4 Å². The zero-order valence-corrected chi connectivity index (χ0v) is 66.4. The Morgan fingerprint density at radius 3 is 0.850 bits per heavy atom. The van der Waals surface area contributed by atoms with Gasteiger partial charge in [0.1, 0.15) is 5.69 Å². The van der Waals surface area contributed by atoms with Crippen molar-refractivity contribution in [3.8, 4) is 0 Å². The van der Waals surface area contributed by atoms with Gasteiger partial charge in [0.15, 0.2) is 0 Å². The monoisotopic (exact) mass is 1470 g/mol. The van der Waals surface area contributed by atoms with Gasteiger partial charge in [-0.3, -0.25) is 14.4 Å². The molecule has 8 heteroatoms. The summed E-state index contributed by atoms with van der Waals surface area (Å²) in [6.45, 7) is 48.0. The molecular weight excluding hydrogens is 1370 g/mol. The molecule has 0 N–H and O–H groups in total. The van der Waals surface area contributed by atoms with Crippen molar-refractivity contribution in [2.75, 3.05) is 0 Å². The average Bonchev–Trinajstić information content (AvgIpc) is 1.26. The quantitative estimate of drug-likeness (QED) is 0.0957. The van der Waals surface area contributed by atoms with Gasteiger partial charge in [-0.05, 0) is 72.8 Å². The molecule has 0 fully saturated rings. The largest absolute Gasteiger partial charge is 4.00 e. The third-order valence-electron chi connectivity index (χ3n) is 15.1. The second-order valence-corrected chi connectivity index (χ2v) is 24.8. The molecule has 100 heavy (non-hydrogen) atoms. The number of aliphatic imine (C=N–C) groups is 1. The molecule has 1 atom stereocenters. The van der Waals surface area contributed by atoms with Gasteiger partial charge in [0, 0.05) is 31.2 Å². The molecule has 0 saturated heterocycles. The van der Waals surface area contributed by atoms with Gasteiger partial charge in [0.25, 0.3) is 0 Å². The maximum absolute atomic E-state index is 5.35. The van der Waals surface area contributed by atoms with Gasteiger partial charge >= 0.3 is 52.4 Å². The number of nitrogens with zero attached hydrogens (tertiary/aromatic N) is 6. The number of benzene rings is 10. The minimum atomic E-state index is -0.000278. The third kappa shape index (κ3) is 35.1. The summed E-state index contributed by atoms with van der Waals surface area (Å²) in [6.07, 6.45) is 2.72. The van der Waals surface area contributed by atoms with Crippen molar-refractivity contribution in [2.45, 2.75) is 105 Å². The minimum absolute atomic E-state index is 0. The Kier molecular flexibility index (Phi) is 43.0. The van der Waals surface area contributed by atoms with E-state index in [4.69, 9.17) is 15.4 Å². The van der Waals surface area contributed by atoms with E-state index in [1.54, 1.807) is 0 Å². The summed E-state index contributed by atoms with van der Waals surface area (Å²) >= 11 is 0. The molecule has 513 valence electrons. The van der Waals surface area contributed by atoms with Gasteiger partial charge in [0.05, 0.1) is 11.9 Å². The fraction of sp³-hybridized carbons (Fsp3) is 0.196. The first-order valence-corrected chi connectivity index (χ1v) is 33.7. The number of para-hydroxylation sites is 2. The van der Waals surface area contributed by atoms with Crippen LogP contribution >= 0.6 is 0 Å². The van der Waals surface area contributed by atoms with Crippen LogP contribution in [0.15, 0.2) is 296 Å². The van der Waals surface area contributed by atoms with Crippen molar-refractivity contribution in [3.05, 3.63) is 435 Å². The topological polar surface area (TPSA) is 62.1 Å². The first kappa shape index (κ1) is 87.0. The smallest absolute Gasteiger partial charge is 0.676 e. The second kappa shape index (κ2) is 49.5. The molecule has 10 aromatic carbocycles. The molecule has 0 aliphatic carbocycles. The van der Waals surface area contributed by atoms with Crippen molar-refractivity contribution in [1.82, 2.24) is 19.6 Å². The predicted molar refractivity (Wildman–Crippen MR) is 425 cm³/mol. The average molecular weight is 1480 g/mol. The van der Waals surface area contributed by atoms with E-state index in [1.165, 1.54) is 27.8 Å². The molecule has 6 nitrogen and oxygen atoms in total. The Hall–Kier alpha value is -9.05. The van der Waals surface area contributed by atoms with Crippen LogP contribution in [0.25, 0.3) is 5.32 Å². The van der Waals surface area contributed by atoms with Gasteiger partial charge < -0.3 is 5.32 Å². The predicted octanol–water partition coefficient (Wildman–Crippen LogP) is 24.8. The van der Waals surface area contributed by atoms with E-state index in [0.29, 0.717) is 23.7 Å². The van der Waals surface area contributed by atoms with Gasteiger partial charge in [-0.25, -0.2) is 0 Å². The van der Waals surface area contributed by atoms with Crippen LogP contribution in [0.5, 0.6) is 0 Å². The van der Waals surface area contributed by atoms with Crippen molar-refractivity contribution in [2.24, 2.45) is 19.1 Å². The van der Waals surface area contributed by atoms with E-state index in [-0.39, 0.29) is 58.4 Å². The molecule has 2 aromatic heterocycles. The van der Waals surface area contributed by atoms with E-state index in [0.717, 1.165) is 79.5 Å². The van der Waals surface area contributed by atoms with E-state index in [2.05, 4.69) is 195 Å². The number of rotatable bonds is 11. The maximum atomic E-state index is 5.35. The fourth-order valence-electron chi connectivity index (χ4n) is 9.41. The zero-order valence-electron chi connectivity index (χ0n) is 61.5. The Morgan fingerprint density at radius 1 is 0.360 bits per heavy atom. The molecular formula is C92H106N6Zr2-. The summed E-state index contributed by atoms with van der Waals surface area (Å²) in [7, 11) is 3.95. The standard InChI is InChI=1S/C25H32N3.C18H25N3.7C7H7.2Zr/c1-17(2)21-13-10-14-22(18(3)4)25(21)26-23(16-20-11-8-7-9-12-20)24-15-19(5)28(6)27-24;1-12(2)16-8-7-9-17(13(3)4)18(16)19-11-15-10-14(5)21(6)20-15;7*1-7-5-3-2-4-6-7;;/h7-15,17-18,23H,16H2,1-6H3;7-13H,1-6H3;7*2-6H,1H2;;/q-1;;7*-1;+3;+4. The Bertz CT molecular complexity index is 3560. The second-order valence-electron chi connectivity index (χ2n) is 24.8. The summed E-state index contributed by atoms with van der Waals surface area (Å²) in [6, 6.07) is 97.0. The number of hydrogen-bond donors (Lipinski definition) is 0. The van der Waals surface area contributed by atoms with E-state index < -0.39 is 0 Å². The third-order valence-corrected chi connectivity index (χ3v) is 15.1. The number of hydrogen-bond acceptors (Lipinski definition) is 3. The zero-order chi connectivity index (χ0) is 71.6. The Morgan fingerprint density at radius 2 is 0.620 bits per heavy atom. The molecule has 1 radical (unpaired) electrons. The summed E-state index contributed by atoms with van der Waals surface area (Å²) in [5.74, 6) is 1.78.